The van der Waals surface area contributed by atoms with Crippen molar-refractivity contribution in [2.24, 2.45) is 0 Å². The zero-order chi connectivity index (χ0) is 10.3. The van der Waals surface area contributed by atoms with Crippen LogP contribution in [0.1, 0.15) is 18.2 Å². The van der Waals surface area contributed by atoms with Gasteiger partial charge in [-0.05, 0) is 13.3 Å². The highest BCUT2D eigenvalue weighted by molar-refractivity contribution is 7.91. The average Bonchev–Trinajstić information content (AvgIpc) is 2.55. The minimum Gasteiger partial charge on any atom is -0.300 e. The Labute approximate surface area is 81.6 Å². The van der Waals surface area contributed by atoms with Crippen LogP contribution in [0.25, 0.3) is 0 Å². The number of aryl methyl sites for hydroxylation is 1. The molecule has 0 unspecified atom stereocenters. The van der Waals surface area contributed by atoms with Crippen molar-refractivity contribution in [1.29, 1.82) is 0 Å². The summed E-state index contributed by atoms with van der Waals surface area (Å²) >= 11 is 0. The molecule has 14 heavy (non-hydrogen) atoms. The number of aromatic amines is 1. The van der Waals surface area contributed by atoms with Gasteiger partial charge in [0.1, 0.15) is 0 Å². The van der Waals surface area contributed by atoms with Crippen LogP contribution in [0.4, 0.5) is 0 Å². The van der Waals surface area contributed by atoms with Gasteiger partial charge in [-0.15, -0.1) is 0 Å². The van der Waals surface area contributed by atoms with E-state index >= 15 is 0 Å². The van der Waals surface area contributed by atoms with Crippen molar-refractivity contribution in [2.45, 2.75) is 19.4 Å². The lowest BCUT2D eigenvalue weighted by atomic mass is 10.3. The Hall–Kier alpha value is -1.04. The lowest BCUT2D eigenvalue weighted by Crippen LogP contribution is -2.22. The molecule has 6 heteroatoms. The first-order valence-electron chi connectivity index (χ1n) is 4.46. The van der Waals surface area contributed by atoms with Crippen LogP contribution in [0, 0.1) is 6.92 Å². The van der Waals surface area contributed by atoms with Crippen LogP contribution < -0.4 is 5.56 Å². The summed E-state index contributed by atoms with van der Waals surface area (Å²) in [6, 6.07) is 1.27. The second-order valence-electron chi connectivity index (χ2n) is 3.70. The summed E-state index contributed by atoms with van der Waals surface area (Å²) in [5, 5.41) is 2.86. The van der Waals surface area contributed by atoms with Crippen molar-refractivity contribution < 1.29 is 8.42 Å². The first-order valence-corrected chi connectivity index (χ1v) is 6.29. The standard InChI is InChI=1S/C8H12N2O3S/c1-6-4-8(11)10(9-6)7-2-3-14(12,13)5-7/h4,7,9H,2-3,5H2,1H3/t7-/m1/s1. The van der Waals surface area contributed by atoms with E-state index in [1.807, 2.05) is 0 Å². The van der Waals surface area contributed by atoms with Gasteiger partial charge in [-0.2, -0.15) is 0 Å². The molecule has 1 aliphatic rings. The summed E-state index contributed by atoms with van der Waals surface area (Å²) in [6.07, 6.45) is 0.530. The first-order chi connectivity index (χ1) is 6.48. The van der Waals surface area contributed by atoms with Crippen LogP contribution in [-0.2, 0) is 9.84 Å². The SMILES string of the molecule is Cc1cc(=O)n([C@@H]2CCS(=O)(=O)C2)[nH]1. The molecule has 0 radical (unpaired) electrons. The molecular formula is C8H12N2O3S. The van der Waals surface area contributed by atoms with Crippen LogP contribution in [0.15, 0.2) is 10.9 Å². The highest BCUT2D eigenvalue weighted by Gasteiger charge is 2.30. The molecule has 1 aliphatic heterocycles. The van der Waals surface area contributed by atoms with E-state index in [0.29, 0.717) is 6.42 Å². The molecule has 1 fully saturated rings. The van der Waals surface area contributed by atoms with Gasteiger partial charge in [0.25, 0.3) is 5.56 Å². The van der Waals surface area contributed by atoms with Gasteiger partial charge in [0.05, 0.1) is 17.5 Å². The Balaban J connectivity index is 2.34. The lowest BCUT2D eigenvalue weighted by Gasteiger charge is -2.07. The van der Waals surface area contributed by atoms with Gasteiger partial charge < -0.3 is 0 Å². The fourth-order valence-electron chi connectivity index (χ4n) is 1.78. The summed E-state index contributed by atoms with van der Waals surface area (Å²) in [5.74, 6) is 0.259. The van der Waals surface area contributed by atoms with E-state index in [1.165, 1.54) is 10.7 Å². The van der Waals surface area contributed by atoms with Crippen LogP contribution >= 0.6 is 0 Å². The van der Waals surface area contributed by atoms with Gasteiger partial charge in [-0.25, -0.2) is 13.1 Å². The highest BCUT2D eigenvalue weighted by atomic mass is 32.2. The Morgan fingerprint density at radius 2 is 2.29 bits per heavy atom. The van der Waals surface area contributed by atoms with Crippen LogP contribution in [0.5, 0.6) is 0 Å². The molecule has 5 nitrogen and oxygen atoms in total. The number of hydrogen-bond donors (Lipinski definition) is 1. The minimum atomic E-state index is -2.93. The summed E-state index contributed by atoms with van der Waals surface area (Å²) in [7, 11) is -2.93. The highest BCUT2D eigenvalue weighted by Crippen LogP contribution is 2.21. The second-order valence-corrected chi connectivity index (χ2v) is 5.93. The van der Waals surface area contributed by atoms with Gasteiger partial charge in [-0.3, -0.25) is 9.89 Å². The Morgan fingerprint density at radius 1 is 1.57 bits per heavy atom. The second kappa shape index (κ2) is 2.98. The number of sulfone groups is 1. The Bertz CT molecular complexity index is 497. The molecule has 1 atom stereocenters. The minimum absolute atomic E-state index is 0.0762. The van der Waals surface area contributed by atoms with E-state index in [1.54, 1.807) is 6.92 Å². The summed E-state index contributed by atoms with van der Waals surface area (Å²) in [4.78, 5) is 11.4. The van der Waals surface area contributed by atoms with Crippen molar-refractivity contribution in [2.75, 3.05) is 11.5 Å². The monoisotopic (exact) mass is 216 g/mol. The quantitative estimate of drug-likeness (QED) is 0.709. The third-order valence-electron chi connectivity index (χ3n) is 2.45. The smallest absolute Gasteiger partial charge is 0.266 e. The molecule has 0 bridgehead atoms. The van der Waals surface area contributed by atoms with Crippen molar-refractivity contribution in [3.8, 4) is 0 Å². The van der Waals surface area contributed by atoms with Gasteiger partial charge >= 0.3 is 0 Å². The molecule has 1 saturated heterocycles. The third kappa shape index (κ3) is 1.61. The maximum Gasteiger partial charge on any atom is 0.266 e. The molecule has 2 rings (SSSR count). The molecule has 0 saturated carbocycles. The Morgan fingerprint density at radius 3 is 2.71 bits per heavy atom. The van der Waals surface area contributed by atoms with Crippen molar-refractivity contribution in [3.63, 3.8) is 0 Å². The predicted octanol–water partition coefficient (Wildman–Crippen LogP) is -0.156. The molecule has 0 amide bonds. The van der Waals surface area contributed by atoms with Crippen molar-refractivity contribution >= 4 is 9.84 Å². The maximum atomic E-state index is 11.4. The number of rotatable bonds is 1. The molecule has 2 heterocycles. The van der Waals surface area contributed by atoms with Gasteiger partial charge in [0.2, 0.25) is 0 Å². The molecule has 1 aromatic rings. The first kappa shape index (κ1) is 9.51. The molecule has 0 aliphatic carbocycles. The van der Waals surface area contributed by atoms with Gasteiger partial charge in [-0.1, -0.05) is 0 Å². The average molecular weight is 216 g/mol. The fraction of sp³-hybridized carbons (Fsp3) is 0.625. The molecule has 1 N–H and O–H groups in total. The van der Waals surface area contributed by atoms with Crippen LogP contribution in [0.3, 0.4) is 0 Å². The number of hydrogen-bond acceptors (Lipinski definition) is 3. The zero-order valence-corrected chi connectivity index (χ0v) is 8.67. The molecular weight excluding hydrogens is 204 g/mol. The molecule has 78 valence electrons. The largest absolute Gasteiger partial charge is 0.300 e. The van der Waals surface area contributed by atoms with Crippen LogP contribution in [-0.4, -0.2) is 29.7 Å². The zero-order valence-electron chi connectivity index (χ0n) is 7.86. The molecule has 1 aromatic heterocycles. The van der Waals surface area contributed by atoms with Crippen LogP contribution in [0.2, 0.25) is 0 Å². The van der Waals surface area contributed by atoms with E-state index in [2.05, 4.69) is 5.10 Å². The topological polar surface area (TPSA) is 71.9 Å². The van der Waals surface area contributed by atoms with E-state index in [-0.39, 0.29) is 23.1 Å². The van der Waals surface area contributed by atoms with E-state index in [0.717, 1.165) is 5.69 Å². The van der Waals surface area contributed by atoms with E-state index in [4.69, 9.17) is 0 Å². The van der Waals surface area contributed by atoms with Gasteiger partial charge in [0.15, 0.2) is 9.84 Å². The van der Waals surface area contributed by atoms with E-state index in [9.17, 15) is 13.2 Å². The van der Waals surface area contributed by atoms with Crippen molar-refractivity contribution in [3.05, 3.63) is 22.1 Å². The van der Waals surface area contributed by atoms with Gasteiger partial charge in [0, 0.05) is 11.8 Å². The predicted molar refractivity (Wildman–Crippen MR) is 52.1 cm³/mol. The summed E-state index contributed by atoms with van der Waals surface area (Å²) < 4.78 is 23.8. The lowest BCUT2D eigenvalue weighted by molar-refractivity contribution is 0.484. The normalized spacial score (nSPS) is 25.4. The van der Waals surface area contributed by atoms with E-state index < -0.39 is 9.84 Å². The number of aromatic nitrogens is 2. The number of nitrogens with zero attached hydrogens (tertiary/aromatic N) is 1. The summed E-state index contributed by atoms with van der Waals surface area (Å²) in [6.45, 7) is 1.78. The fourth-order valence-corrected chi connectivity index (χ4v) is 3.48. The van der Waals surface area contributed by atoms with Crippen molar-refractivity contribution in [1.82, 2.24) is 9.78 Å². The summed E-state index contributed by atoms with van der Waals surface area (Å²) in [5.41, 5.74) is 0.615. The maximum absolute atomic E-state index is 11.4. The number of H-pyrrole nitrogens is 1. The Kier molecular flexibility index (Phi) is 2.02. The molecule has 0 spiro atoms. The number of nitrogens with one attached hydrogen (secondary N) is 1. The molecule has 0 aromatic carbocycles. The third-order valence-corrected chi connectivity index (χ3v) is 4.20.